The molecule has 0 aromatic heterocycles. The molecule has 3 amide bonds. The van der Waals surface area contributed by atoms with Crippen LogP contribution in [-0.2, 0) is 16.1 Å². The highest BCUT2D eigenvalue weighted by atomic mass is 16.5. The van der Waals surface area contributed by atoms with E-state index in [4.69, 9.17) is 4.74 Å². The zero-order valence-electron chi connectivity index (χ0n) is 30.4. The fourth-order valence-electron chi connectivity index (χ4n) is 7.82. The molecule has 4 aromatic carbocycles. The molecule has 0 unspecified atom stereocenters. The number of aromatic hydroxyl groups is 1. The van der Waals surface area contributed by atoms with Crippen LogP contribution in [0.2, 0.25) is 0 Å². The monoisotopic (exact) mass is 712 g/mol. The molecule has 0 spiro atoms. The van der Waals surface area contributed by atoms with Gasteiger partial charge >= 0.3 is 0 Å². The zero-order chi connectivity index (χ0) is 36.7. The molecule has 9 nitrogen and oxygen atoms in total. The first-order valence-electron chi connectivity index (χ1n) is 18.9. The number of hydrogen-bond acceptors (Lipinski definition) is 7. The number of imide groups is 1. The third-order valence-corrected chi connectivity index (χ3v) is 10.7. The summed E-state index contributed by atoms with van der Waals surface area (Å²) in [6.07, 6.45) is 4.73. The highest BCUT2D eigenvalue weighted by molar-refractivity contribution is 6.05. The second-order valence-corrected chi connectivity index (χ2v) is 14.1. The van der Waals surface area contributed by atoms with Crippen molar-refractivity contribution in [2.45, 2.75) is 58.0 Å². The predicted molar refractivity (Wildman–Crippen MR) is 208 cm³/mol. The third-order valence-electron chi connectivity index (χ3n) is 10.7. The second-order valence-electron chi connectivity index (χ2n) is 14.1. The minimum absolute atomic E-state index is 0.132. The van der Waals surface area contributed by atoms with Crippen LogP contribution in [0.15, 0.2) is 97.1 Å². The van der Waals surface area contributed by atoms with Crippen LogP contribution in [0, 0.1) is 0 Å². The molecule has 2 N–H and O–H groups in total. The average Bonchev–Trinajstić information content (AvgIpc) is 3.51. The molecule has 2 saturated heterocycles. The summed E-state index contributed by atoms with van der Waals surface area (Å²) in [6.45, 7) is 8.17. The Kier molecular flexibility index (Phi) is 11.2. The number of unbranched alkanes of at least 4 members (excludes halogenated alkanes) is 2. The number of nitrogens with one attached hydrogen (secondary N) is 1. The van der Waals surface area contributed by atoms with Gasteiger partial charge in [-0.25, -0.2) is 0 Å². The van der Waals surface area contributed by atoms with Gasteiger partial charge in [-0.2, -0.15) is 0 Å². The number of ether oxygens (including phenoxy) is 1. The van der Waals surface area contributed by atoms with E-state index in [0.29, 0.717) is 25.1 Å². The number of carbonyl (C=O) groups excluding carboxylic acids is 3. The summed E-state index contributed by atoms with van der Waals surface area (Å²) in [7, 11) is 0. The Morgan fingerprint density at radius 1 is 0.811 bits per heavy atom. The lowest BCUT2D eigenvalue weighted by Crippen LogP contribution is -2.52. The quantitative estimate of drug-likeness (QED) is 0.0885. The normalized spacial score (nSPS) is 18.1. The highest BCUT2D eigenvalue weighted by Crippen LogP contribution is 2.36. The van der Waals surface area contributed by atoms with E-state index in [1.165, 1.54) is 11.1 Å². The van der Waals surface area contributed by atoms with Gasteiger partial charge in [-0.1, -0.05) is 61.5 Å². The van der Waals surface area contributed by atoms with Crippen molar-refractivity contribution < 1.29 is 24.2 Å². The number of nitrogens with zero attached hydrogens (tertiary/aromatic N) is 3. The number of piperazine rings is 1. The van der Waals surface area contributed by atoms with Gasteiger partial charge in [0, 0.05) is 50.4 Å². The van der Waals surface area contributed by atoms with E-state index in [-0.39, 0.29) is 29.9 Å². The largest absolute Gasteiger partial charge is 0.508 e. The number of benzene rings is 4. The molecule has 0 saturated carbocycles. The van der Waals surface area contributed by atoms with E-state index in [1.807, 2.05) is 30.3 Å². The van der Waals surface area contributed by atoms with Crippen LogP contribution in [0.5, 0.6) is 11.5 Å². The Labute approximate surface area is 311 Å². The van der Waals surface area contributed by atoms with Crippen molar-refractivity contribution >= 4 is 34.6 Å². The number of amides is 3. The first-order chi connectivity index (χ1) is 25.9. The van der Waals surface area contributed by atoms with Gasteiger partial charge in [-0.05, 0) is 115 Å². The van der Waals surface area contributed by atoms with Crippen LogP contribution in [-0.4, -0.2) is 78.0 Å². The summed E-state index contributed by atoms with van der Waals surface area (Å²) in [4.78, 5) is 43.6. The zero-order valence-corrected chi connectivity index (χ0v) is 30.4. The molecule has 7 rings (SSSR count). The van der Waals surface area contributed by atoms with Crippen molar-refractivity contribution in [2.75, 3.05) is 44.2 Å². The maximum Gasteiger partial charge on any atom is 0.255 e. The number of fused-ring (bicyclic) bond motifs is 1. The van der Waals surface area contributed by atoms with Crippen molar-refractivity contribution in [3.63, 3.8) is 0 Å². The summed E-state index contributed by atoms with van der Waals surface area (Å²) in [5.41, 5.74) is 8.51. The lowest BCUT2D eigenvalue weighted by molar-refractivity contribution is -0.136. The van der Waals surface area contributed by atoms with E-state index >= 15 is 0 Å². The standard InChI is InChI=1S/C44H48N4O5/c1-2-38(31-9-5-3-6-10-31)42(32-11-16-36(49)17-12-32)33-13-18-37(19-14-33)53-28-8-4-7-23-46-24-26-47(27-25-46)35-15-20-39-34(29-35)30-48(44(39)52)40-21-22-41(50)45-43(40)51/h3,5-6,9-20,29,40,49H,2,4,7-8,21-28,30H2,1H3,(H,45,50,51)/t40-/m0/s1. The number of anilines is 1. The molecule has 274 valence electrons. The molecule has 0 bridgehead atoms. The lowest BCUT2D eigenvalue weighted by atomic mass is 9.88. The molecular weight excluding hydrogens is 665 g/mol. The lowest BCUT2D eigenvalue weighted by Gasteiger charge is -2.36. The van der Waals surface area contributed by atoms with E-state index < -0.39 is 6.04 Å². The van der Waals surface area contributed by atoms with Gasteiger partial charge in [0.25, 0.3) is 5.91 Å². The maximum atomic E-state index is 13.1. The minimum Gasteiger partial charge on any atom is -0.508 e. The van der Waals surface area contributed by atoms with Gasteiger partial charge in [0.15, 0.2) is 0 Å². The van der Waals surface area contributed by atoms with Crippen LogP contribution in [0.4, 0.5) is 5.69 Å². The Morgan fingerprint density at radius 2 is 1.53 bits per heavy atom. The molecule has 4 aromatic rings. The highest BCUT2D eigenvalue weighted by Gasteiger charge is 2.39. The van der Waals surface area contributed by atoms with Crippen LogP contribution >= 0.6 is 0 Å². The average molecular weight is 713 g/mol. The third kappa shape index (κ3) is 8.31. The van der Waals surface area contributed by atoms with Crippen molar-refractivity contribution in [3.05, 3.63) is 125 Å². The van der Waals surface area contributed by atoms with Gasteiger partial charge in [0.05, 0.1) is 6.61 Å². The van der Waals surface area contributed by atoms with E-state index in [0.717, 1.165) is 92.1 Å². The van der Waals surface area contributed by atoms with E-state index in [1.54, 1.807) is 17.0 Å². The predicted octanol–water partition coefficient (Wildman–Crippen LogP) is 6.89. The number of carbonyl (C=O) groups is 3. The summed E-state index contributed by atoms with van der Waals surface area (Å²) in [5, 5.41) is 12.3. The van der Waals surface area contributed by atoms with Gasteiger partial charge < -0.3 is 19.6 Å². The van der Waals surface area contributed by atoms with E-state index in [2.05, 4.69) is 76.6 Å². The Hall–Kier alpha value is -5.41. The molecule has 3 aliphatic rings. The number of piperidine rings is 1. The molecule has 9 heteroatoms. The van der Waals surface area contributed by atoms with Crippen molar-refractivity contribution in [2.24, 2.45) is 0 Å². The van der Waals surface area contributed by atoms with Crippen LogP contribution in [0.3, 0.4) is 0 Å². The van der Waals surface area contributed by atoms with Crippen molar-refractivity contribution in [3.8, 4) is 11.5 Å². The SMILES string of the molecule is CCC(=C(c1ccc(O)cc1)c1ccc(OCCCCCN2CCN(c3ccc4c(c3)CN([C@H]3CCC(=O)NC3=O)C4=O)CC2)cc1)c1ccccc1. The van der Waals surface area contributed by atoms with Crippen molar-refractivity contribution in [1.29, 1.82) is 0 Å². The van der Waals surface area contributed by atoms with Crippen LogP contribution in [0.25, 0.3) is 11.1 Å². The molecule has 2 fully saturated rings. The number of phenols is 1. The van der Waals surface area contributed by atoms with E-state index in [9.17, 15) is 19.5 Å². The molecule has 0 radical (unpaired) electrons. The minimum atomic E-state index is -0.591. The van der Waals surface area contributed by atoms with Gasteiger partial charge in [0.1, 0.15) is 17.5 Å². The summed E-state index contributed by atoms with van der Waals surface area (Å²) in [6, 6.07) is 31.7. The molecule has 53 heavy (non-hydrogen) atoms. The number of rotatable bonds is 13. The molecule has 3 heterocycles. The number of phenolic OH excluding ortho intramolecular Hbond substituents is 1. The summed E-state index contributed by atoms with van der Waals surface area (Å²) in [5.74, 6) is 0.340. The van der Waals surface area contributed by atoms with Gasteiger partial charge in [-0.15, -0.1) is 0 Å². The maximum absolute atomic E-state index is 13.1. The second kappa shape index (κ2) is 16.5. The van der Waals surface area contributed by atoms with Crippen LogP contribution in [0.1, 0.15) is 78.1 Å². The fourth-order valence-corrected chi connectivity index (χ4v) is 7.82. The number of allylic oxidation sites excluding steroid dienone is 1. The first kappa shape index (κ1) is 36.0. The molecule has 0 aliphatic carbocycles. The number of hydrogen-bond donors (Lipinski definition) is 2. The molecule has 1 atom stereocenters. The smallest absolute Gasteiger partial charge is 0.255 e. The molecule has 3 aliphatic heterocycles. The topological polar surface area (TPSA) is 102 Å². The Balaban J connectivity index is 0.852. The van der Waals surface area contributed by atoms with Crippen LogP contribution < -0.4 is 15.0 Å². The Morgan fingerprint density at radius 3 is 2.23 bits per heavy atom. The van der Waals surface area contributed by atoms with Crippen molar-refractivity contribution in [1.82, 2.24) is 15.1 Å². The van der Waals surface area contributed by atoms with Gasteiger partial charge in [0.2, 0.25) is 11.8 Å². The summed E-state index contributed by atoms with van der Waals surface area (Å²) < 4.78 is 6.15. The fraction of sp³-hybridized carbons (Fsp3) is 0.341. The van der Waals surface area contributed by atoms with Gasteiger partial charge in [-0.3, -0.25) is 24.6 Å². The first-order valence-corrected chi connectivity index (χ1v) is 18.9. The molecular formula is C44H48N4O5. The Bertz CT molecular complexity index is 1950. The summed E-state index contributed by atoms with van der Waals surface area (Å²) >= 11 is 0.